The molecule has 580 valence electrons. The Morgan fingerprint density at radius 3 is 1.54 bits per heavy atom. The Kier molecular flexibility index (Phi) is 23.8. The number of carbonyl (C=O) groups is 3. The molecule has 4 aliphatic heterocycles. The van der Waals surface area contributed by atoms with Crippen molar-refractivity contribution in [3.63, 3.8) is 0 Å². The summed E-state index contributed by atoms with van der Waals surface area (Å²) in [5.74, 6) is -3.15. The number of isothiocyanates is 1. The highest BCUT2D eigenvalue weighted by atomic mass is 35.5. The number of aromatic hydroxyl groups is 3. The van der Waals surface area contributed by atoms with E-state index in [0.717, 1.165) is 55.0 Å². The molecule has 114 heavy (non-hydrogen) atoms. The van der Waals surface area contributed by atoms with Gasteiger partial charge in [0.25, 0.3) is 15.8 Å². The largest absolute Gasteiger partial charge is 1.00 e. The van der Waals surface area contributed by atoms with Crippen molar-refractivity contribution in [2.45, 2.75) is 37.5 Å². The van der Waals surface area contributed by atoms with Gasteiger partial charge in [0.2, 0.25) is 33.4 Å². The third-order valence-corrected chi connectivity index (χ3v) is 20.4. The van der Waals surface area contributed by atoms with E-state index < -0.39 is 59.1 Å². The number of aromatic amines is 1. The maximum absolute atomic E-state index is 12.4. The molecule has 7 aromatic rings. The van der Waals surface area contributed by atoms with E-state index in [0.29, 0.717) is 112 Å². The predicted molar refractivity (Wildman–Crippen MR) is 426 cm³/mol. The number of rotatable bonds is 15. The van der Waals surface area contributed by atoms with E-state index in [1.165, 1.54) is 66.7 Å². The summed E-state index contributed by atoms with van der Waals surface area (Å²) in [6.07, 6.45) is 0. The number of nitrogens with one attached hydrogen (secondary N) is 1. The predicted octanol–water partition coefficient (Wildman–Crippen LogP) is 10.9. The number of fused-ring (bicyclic) bond motifs is 8. The molecule has 0 saturated carbocycles. The molecule has 0 unspecified atom stereocenters. The number of phenolic OH excluding ortho intramolecular Hbond substituents is 3. The molecule has 7 aromatic carbocycles. The van der Waals surface area contributed by atoms with Gasteiger partial charge in [0.15, 0.2) is 10.9 Å². The Labute approximate surface area is 658 Å². The number of aromatic carboxylic acids is 3. The van der Waals surface area contributed by atoms with Gasteiger partial charge in [-0.1, -0.05) is 30.3 Å². The Morgan fingerprint density at radius 1 is 0.526 bits per heavy atom. The van der Waals surface area contributed by atoms with Gasteiger partial charge >= 0.3 is 17.9 Å². The summed E-state index contributed by atoms with van der Waals surface area (Å²) < 4.78 is 95.6. The van der Waals surface area contributed by atoms with Crippen molar-refractivity contribution in [3.8, 4) is 96.1 Å². The molecule has 0 fully saturated rings. The van der Waals surface area contributed by atoms with Crippen molar-refractivity contribution in [1.82, 2.24) is 4.58 Å². The molecule has 0 amide bonds. The second-order valence-corrected chi connectivity index (χ2v) is 28.5. The first kappa shape index (κ1) is 81.5. The van der Waals surface area contributed by atoms with E-state index in [1.807, 2.05) is 77.0 Å². The maximum atomic E-state index is 12.4. The average Bonchev–Trinajstić information content (AvgIpc) is 1.08. The van der Waals surface area contributed by atoms with Gasteiger partial charge in [-0.25, -0.2) is 27.4 Å². The third-order valence-electron chi connectivity index (χ3n) is 18.6. The number of carboxylic acid groups (broad SMARTS) is 3. The van der Waals surface area contributed by atoms with Crippen LogP contribution in [0.3, 0.4) is 0 Å². The van der Waals surface area contributed by atoms with Gasteiger partial charge in [-0.2, -0.15) is 18.4 Å². The van der Waals surface area contributed by atoms with Gasteiger partial charge in [-0.3, -0.25) is 18.9 Å². The summed E-state index contributed by atoms with van der Waals surface area (Å²) in [7, 11) is -6.15. The van der Waals surface area contributed by atoms with Gasteiger partial charge < -0.3 is 75.1 Å². The molecule has 4 heterocycles. The quantitative estimate of drug-likeness (QED) is 0.0165. The molecule has 31 heteroatoms. The van der Waals surface area contributed by atoms with E-state index in [4.69, 9.17) is 17.7 Å². The molecule has 0 aromatic heterocycles. The average molecular weight is 1620 g/mol. The van der Waals surface area contributed by atoms with Gasteiger partial charge in [0.05, 0.1) is 37.8 Å². The molecular weight excluding hydrogens is 1550 g/mol. The maximum Gasteiger partial charge on any atom is 0.342 e. The first-order valence-electron chi connectivity index (χ1n) is 34.5. The third kappa shape index (κ3) is 16.6. The Hall–Kier alpha value is -13.5. The van der Waals surface area contributed by atoms with E-state index in [-0.39, 0.29) is 74.2 Å². The smallest absolute Gasteiger partial charge is 0.342 e. The summed E-state index contributed by atoms with van der Waals surface area (Å²) in [6, 6.07) is 49.5. The summed E-state index contributed by atoms with van der Waals surface area (Å²) in [4.78, 5) is 79.4. The van der Waals surface area contributed by atoms with Crippen molar-refractivity contribution in [2.75, 3.05) is 50.1 Å². The van der Waals surface area contributed by atoms with Crippen LogP contribution in [0.1, 0.15) is 58.8 Å². The summed E-state index contributed by atoms with van der Waals surface area (Å²) in [5.41, 5.74) is 7.33. The Morgan fingerprint density at radius 2 is 1.02 bits per heavy atom. The number of hydrogen-bond acceptors (Lipinski definition) is 22. The fraction of sp³-hybridized carbons (Fsp3) is 0.120. The van der Waals surface area contributed by atoms with E-state index in [2.05, 4.69) is 36.8 Å². The SMILES string of the molecule is CCN(CC)c1ccc2c(-c3ccc(S(=O)(=O)O)cc3S(=O)(=O)[O-])c3ccc(=[N+](CC)CC)cc-3oc2c1.CN(C)c1ccc2[nH+]c3c(C(=O)O)cc(=O)c(O)c-3oc2c1.O=C(O)c1cc(N=C=S)ccc1-c1c2ccc(=O)cc-2oc2cc(O)ccc12.O=C(O)c1ccccc1-c1c2ccc(=O)cc-2oc2cc(O)ccc12.[Cl-]. The second-order valence-electron chi connectivity index (χ2n) is 25.6. The molecule has 0 atom stereocenters. The van der Waals surface area contributed by atoms with E-state index in [9.17, 15) is 85.3 Å². The number of aliphatic imine (C=N–C) groups is 1. The Balaban J connectivity index is 0.000000152. The molecule has 8 N–H and O–H groups in total. The lowest BCUT2D eigenvalue weighted by Gasteiger charge is -2.23. The van der Waals surface area contributed by atoms with Crippen LogP contribution in [0.5, 0.6) is 17.2 Å². The number of hydrogen-bond donors (Lipinski definition) is 7. The fourth-order valence-corrected chi connectivity index (χ4v) is 14.7. The zero-order valence-electron chi connectivity index (χ0n) is 60.9. The standard InChI is InChI=1S/C27H30N2O7S2.C21H11NO5S.C20H12O5.C15H12N2O5.ClH/c1-5-28(6-2)18-9-12-21-24(15-18)36-25-16-19(29(7-3)8-4)10-13-22(25)27(21)23-14-11-20(37(30,31)32)17-26(23)38(33,34)35;23-12-2-5-15-18(8-12)27-19-9-13(24)3-6-16(19)20(15)14-4-1-11(22-10-28)7-17(14)21(25)26;21-11-5-7-15-17(9-11)25-18-10-12(22)6-8-16(18)19(15)13-3-1-2-4-14(13)20(23)24;1-17(2)7-3-4-9-11(5-7)22-14-12(16-9)8(15(20)21)6-10(18)13(14)19;/h9-17H,5-8H2,1-4H3,(H-,30,31,32,33,34,35);1-9,23H,(H,25,26);1-10,21H,(H,23,24);3-6,19H,1-2H3,(H,20,21);1H. The van der Waals surface area contributed by atoms with Crippen LogP contribution in [0.15, 0.2) is 241 Å². The van der Waals surface area contributed by atoms with E-state index in [1.54, 1.807) is 78.9 Å². The second kappa shape index (κ2) is 33.2. The topological polar surface area (TPSA) is 424 Å². The van der Waals surface area contributed by atoms with E-state index >= 15 is 0 Å². The van der Waals surface area contributed by atoms with Gasteiger partial charge in [-0.15, -0.1) is 0 Å². The molecule has 4 aliphatic carbocycles. The number of nitrogens with zero attached hydrogens (tertiary/aromatic N) is 4. The lowest BCUT2D eigenvalue weighted by atomic mass is 9.90. The summed E-state index contributed by atoms with van der Waals surface area (Å²) >= 11 is 4.59. The van der Waals surface area contributed by atoms with Crippen molar-refractivity contribution >= 4 is 117 Å². The van der Waals surface area contributed by atoms with Crippen molar-refractivity contribution in [2.24, 2.45) is 4.99 Å². The first-order chi connectivity index (χ1) is 53.8. The molecule has 0 radical (unpaired) electrons. The highest BCUT2D eigenvalue weighted by Crippen LogP contribution is 2.47. The number of halogens is 1. The Bertz CT molecular complexity index is 6800. The van der Waals surface area contributed by atoms with Crippen LogP contribution >= 0.6 is 12.2 Å². The zero-order valence-corrected chi connectivity index (χ0v) is 64.2. The summed E-state index contributed by atoms with van der Waals surface area (Å²) in [6.45, 7) is 11.2. The molecular formula is C83H66ClN5O22S3. The number of benzene rings is 11. The zero-order chi connectivity index (χ0) is 81.2. The number of aromatic nitrogens is 1. The first-order valence-corrected chi connectivity index (χ1v) is 37.7. The normalized spacial score (nSPS) is 11.3. The number of carboxylic acids is 3. The van der Waals surface area contributed by atoms with Crippen LogP contribution in [0, 0.1) is 0 Å². The van der Waals surface area contributed by atoms with Gasteiger partial charge in [-0.05, 0) is 154 Å². The minimum Gasteiger partial charge on any atom is -1.00 e. The van der Waals surface area contributed by atoms with Crippen LogP contribution in [0.4, 0.5) is 17.1 Å². The van der Waals surface area contributed by atoms with Crippen molar-refractivity contribution in [3.05, 3.63) is 247 Å². The lowest BCUT2D eigenvalue weighted by Crippen LogP contribution is -3.00. The van der Waals surface area contributed by atoms with Crippen LogP contribution in [0.25, 0.3) is 123 Å². The minimum absolute atomic E-state index is 0. The molecule has 0 saturated heterocycles. The van der Waals surface area contributed by atoms with Crippen molar-refractivity contribution < 1.29 is 106 Å². The monoisotopic (exact) mass is 1620 g/mol. The number of thiocarbonyl (C=S) groups is 1. The highest BCUT2D eigenvalue weighted by Gasteiger charge is 2.32. The highest BCUT2D eigenvalue weighted by molar-refractivity contribution is 7.86. The van der Waals surface area contributed by atoms with Gasteiger partial charge in [0, 0.05) is 148 Å². The van der Waals surface area contributed by atoms with Crippen LogP contribution in [-0.4, -0.2) is 120 Å². The molecule has 8 aliphatic rings. The summed E-state index contributed by atoms with van der Waals surface area (Å²) in [5, 5.41) is 62.9. The van der Waals surface area contributed by atoms with Gasteiger partial charge in [0.1, 0.15) is 74.3 Å². The van der Waals surface area contributed by atoms with Crippen molar-refractivity contribution in [1.29, 1.82) is 0 Å². The number of H-pyrrole nitrogens is 1. The fourth-order valence-electron chi connectivity index (χ4n) is 13.3. The molecule has 15 rings (SSSR count). The van der Waals surface area contributed by atoms with Crippen LogP contribution < -0.4 is 53.4 Å². The molecule has 27 nitrogen and oxygen atoms in total. The number of anilines is 2. The molecule has 0 bridgehead atoms. The number of phenols is 3. The van der Waals surface area contributed by atoms with Crippen LogP contribution in [0.2, 0.25) is 0 Å². The minimum atomic E-state index is -5.13. The van der Waals surface area contributed by atoms with Crippen LogP contribution in [-0.2, 0) is 20.2 Å². The molecule has 0 spiro atoms. The lowest BCUT2D eigenvalue weighted by molar-refractivity contribution is -0.334.